The number of carbonyl (C=O) groups excluding carboxylic acids is 4. The lowest BCUT2D eigenvalue weighted by Gasteiger charge is -2.34. The lowest BCUT2D eigenvalue weighted by molar-refractivity contribution is -0.244. The Bertz CT molecular complexity index is 2020. The van der Waals surface area contributed by atoms with Crippen molar-refractivity contribution in [3.8, 4) is 11.6 Å². The van der Waals surface area contributed by atoms with E-state index in [1.54, 1.807) is 25.1 Å². The van der Waals surface area contributed by atoms with Crippen molar-refractivity contribution in [3.63, 3.8) is 0 Å². The molecule has 14 nitrogen and oxygen atoms in total. The van der Waals surface area contributed by atoms with Gasteiger partial charge in [-0.3, -0.25) is 19.1 Å². The average molecular weight is 822 g/mol. The van der Waals surface area contributed by atoms with Crippen molar-refractivity contribution >= 4 is 44.6 Å². The largest absolute Gasteiger partial charge is 0.494 e. The van der Waals surface area contributed by atoms with E-state index in [9.17, 15) is 40.8 Å². The Morgan fingerprint density at radius 2 is 1.75 bits per heavy atom. The van der Waals surface area contributed by atoms with Crippen molar-refractivity contribution in [1.29, 1.82) is 0 Å². The molecule has 7 atom stereocenters. The third-order valence-corrected chi connectivity index (χ3v) is 13.5. The molecular weight excluding hydrogens is 772 g/mol. The standard InChI is InChI=1S/C39H50F3N5O9S/c1-22-11-6-7-12-24-19-38(24,35(50)46-57(52,53)26-13-10-14-26)45-32(48)29-18-25(55-33-28-16-9-8-15-27(28)30(54-5)20-43-33)21-47(29)34(49)31(23(2)17-22)44-36(51)56-37(3,4)39(40,41)42/h7-9,12,15-16,20,22-26,29,31H,6,10-11,13-14,17-19,21H2,1-5H3,(H,44,51)(H,45,48)(H,46,50)/b12-7-/t22-,23-,24-,25-,29+,31+,38-/m1/s1. The normalized spacial score (nSPS) is 29.4. The fourth-order valence-corrected chi connectivity index (χ4v) is 9.36. The van der Waals surface area contributed by atoms with Gasteiger partial charge in [0.05, 0.1) is 25.1 Å². The molecule has 4 aliphatic rings. The first-order chi connectivity index (χ1) is 26.8. The minimum absolute atomic E-state index is 0.0333. The number of nitrogens with zero attached hydrogens (tertiary/aromatic N) is 2. The summed E-state index contributed by atoms with van der Waals surface area (Å²) < 4.78 is 86.1. The third-order valence-electron chi connectivity index (χ3n) is 11.7. The van der Waals surface area contributed by atoms with E-state index in [4.69, 9.17) is 14.2 Å². The van der Waals surface area contributed by atoms with Gasteiger partial charge in [0.2, 0.25) is 33.3 Å². The number of ether oxygens (including phenoxy) is 3. The van der Waals surface area contributed by atoms with Crippen LogP contribution < -0.4 is 24.8 Å². The van der Waals surface area contributed by atoms with E-state index in [-0.39, 0.29) is 31.2 Å². The summed E-state index contributed by atoms with van der Waals surface area (Å²) in [7, 11) is -2.51. The third kappa shape index (κ3) is 8.79. The summed E-state index contributed by atoms with van der Waals surface area (Å²) in [5.74, 6) is -2.96. The topological polar surface area (TPSA) is 182 Å². The number of benzene rings is 1. The quantitative estimate of drug-likeness (QED) is 0.310. The SMILES string of the molecule is COc1cnc(O[C@@H]2C[C@H]3C(=O)N[C@]4(C(=O)NS(=O)(=O)C5CCC5)C[C@H]4/C=C\CC[C@@H](C)C[C@@H](C)[C@H](NC(=O)OC(C)(C)C(F)(F)F)C(=O)N3C2)c2ccccc12. The molecule has 0 unspecified atom stereocenters. The molecule has 2 saturated carbocycles. The predicted octanol–water partition coefficient (Wildman–Crippen LogP) is 4.91. The number of hydrogen-bond acceptors (Lipinski definition) is 10. The first-order valence-electron chi connectivity index (χ1n) is 19.3. The zero-order chi connectivity index (χ0) is 41.5. The number of halogens is 3. The van der Waals surface area contributed by atoms with Crippen LogP contribution in [-0.4, -0.2) is 96.5 Å². The van der Waals surface area contributed by atoms with E-state index in [1.165, 1.54) is 18.2 Å². The molecule has 3 N–H and O–H groups in total. The van der Waals surface area contributed by atoms with Crippen LogP contribution in [0.4, 0.5) is 18.0 Å². The number of aromatic nitrogens is 1. The van der Waals surface area contributed by atoms with Crippen LogP contribution in [-0.2, 0) is 29.1 Å². The van der Waals surface area contributed by atoms with Gasteiger partial charge in [0, 0.05) is 23.1 Å². The first kappa shape index (κ1) is 42.0. The number of pyridine rings is 1. The Morgan fingerprint density at radius 3 is 2.40 bits per heavy atom. The fourth-order valence-electron chi connectivity index (χ4n) is 7.80. The molecule has 2 aromatic rings. The van der Waals surface area contributed by atoms with Crippen LogP contribution in [0.15, 0.2) is 42.6 Å². The molecule has 1 saturated heterocycles. The molecule has 6 rings (SSSR count). The molecule has 18 heteroatoms. The van der Waals surface area contributed by atoms with Gasteiger partial charge in [-0.25, -0.2) is 18.2 Å². The molecule has 0 radical (unpaired) electrons. The van der Waals surface area contributed by atoms with Gasteiger partial charge in [0.1, 0.15) is 29.5 Å². The van der Waals surface area contributed by atoms with Crippen LogP contribution in [0.3, 0.4) is 0 Å². The number of alkyl halides is 3. The highest BCUT2D eigenvalue weighted by Gasteiger charge is 2.62. The van der Waals surface area contributed by atoms with Crippen molar-refractivity contribution in [2.45, 2.75) is 120 Å². The summed E-state index contributed by atoms with van der Waals surface area (Å²) in [6, 6.07) is 4.42. The number of methoxy groups -OCH3 is 1. The van der Waals surface area contributed by atoms with Crippen molar-refractivity contribution in [2.24, 2.45) is 17.8 Å². The number of allylic oxidation sites excluding steroid dienone is 1. The molecule has 0 spiro atoms. The Balaban J connectivity index is 1.35. The van der Waals surface area contributed by atoms with Gasteiger partial charge in [-0.2, -0.15) is 13.2 Å². The second kappa shape index (κ2) is 16.0. The van der Waals surface area contributed by atoms with Gasteiger partial charge < -0.3 is 29.7 Å². The lowest BCUT2D eigenvalue weighted by atomic mass is 9.88. The van der Waals surface area contributed by atoms with Crippen molar-refractivity contribution in [3.05, 3.63) is 42.6 Å². The van der Waals surface area contributed by atoms with Crippen LogP contribution in [0.2, 0.25) is 0 Å². The van der Waals surface area contributed by atoms with Crippen LogP contribution in [0.25, 0.3) is 10.8 Å². The number of nitrogens with one attached hydrogen (secondary N) is 3. The second-order valence-corrected chi connectivity index (χ2v) is 18.3. The smallest absolute Gasteiger partial charge is 0.427 e. The van der Waals surface area contributed by atoms with E-state index in [0.717, 1.165) is 0 Å². The maximum absolute atomic E-state index is 14.7. The number of carbonyl (C=O) groups is 4. The van der Waals surface area contributed by atoms with Crippen LogP contribution in [0, 0.1) is 17.8 Å². The van der Waals surface area contributed by atoms with Crippen LogP contribution in [0.1, 0.15) is 79.1 Å². The fraction of sp³-hybridized carbons (Fsp3) is 0.615. The zero-order valence-electron chi connectivity index (χ0n) is 32.6. The molecule has 4 amide bonds. The molecule has 0 bridgehead atoms. The number of amides is 4. The molecule has 3 fully saturated rings. The molecule has 1 aromatic heterocycles. The van der Waals surface area contributed by atoms with Gasteiger partial charge in [-0.15, -0.1) is 0 Å². The van der Waals surface area contributed by atoms with Crippen LogP contribution in [0.5, 0.6) is 11.6 Å². The molecule has 312 valence electrons. The molecule has 2 aliphatic carbocycles. The Hall–Kier alpha value is -4.61. The van der Waals surface area contributed by atoms with Gasteiger partial charge in [-0.05, 0) is 70.3 Å². The van der Waals surface area contributed by atoms with Gasteiger partial charge in [-0.1, -0.05) is 50.6 Å². The monoisotopic (exact) mass is 821 g/mol. The minimum atomic E-state index is -4.91. The molecular formula is C39H50F3N5O9S. The average Bonchev–Trinajstić information content (AvgIpc) is 3.63. The molecule has 3 heterocycles. The van der Waals surface area contributed by atoms with E-state index in [0.29, 0.717) is 68.9 Å². The summed E-state index contributed by atoms with van der Waals surface area (Å²) in [6.45, 7) is 4.80. The number of sulfonamides is 1. The molecule has 57 heavy (non-hydrogen) atoms. The van der Waals surface area contributed by atoms with Crippen molar-refractivity contribution < 1.29 is 55.0 Å². The van der Waals surface area contributed by atoms with E-state index >= 15 is 0 Å². The minimum Gasteiger partial charge on any atom is -0.494 e. The Labute approximate surface area is 329 Å². The molecule has 2 aliphatic heterocycles. The lowest BCUT2D eigenvalue weighted by Crippen LogP contribution is -2.60. The zero-order valence-corrected chi connectivity index (χ0v) is 33.4. The maximum atomic E-state index is 14.7. The Morgan fingerprint density at radius 1 is 1.05 bits per heavy atom. The second-order valence-electron chi connectivity index (χ2n) is 16.3. The maximum Gasteiger partial charge on any atom is 0.427 e. The predicted molar refractivity (Wildman–Crippen MR) is 201 cm³/mol. The van der Waals surface area contributed by atoms with Gasteiger partial charge in [0.15, 0.2) is 0 Å². The van der Waals surface area contributed by atoms with E-state index in [2.05, 4.69) is 20.3 Å². The summed E-state index contributed by atoms with van der Waals surface area (Å²) in [4.78, 5) is 61.8. The van der Waals surface area contributed by atoms with Gasteiger partial charge in [0.25, 0.3) is 5.91 Å². The summed E-state index contributed by atoms with van der Waals surface area (Å²) in [5.41, 5.74) is -4.51. The number of alkyl carbamates (subject to hydrolysis) is 1. The van der Waals surface area contributed by atoms with Crippen LogP contribution >= 0.6 is 0 Å². The number of fused-ring (bicyclic) bond motifs is 3. The first-order valence-corrected chi connectivity index (χ1v) is 20.8. The van der Waals surface area contributed by atoms with E-state index in [1.807, 2.05) is 25.1 Å². The summed E-state index contributed by atoms with van der Waals surface area (Å²) in [5, 5.41) is 5.74. The van der Waals surface area contributed by atoms with E-state index < -0.39 is 86.4 Å². The van der Waals surface area contributed by atoms with Gasteiger partial charge >= 0.3 is 12.3 Å². The highest BCUT2D eigenvalue weighted by Crippen LogP contribution is 2.46. The highest BCUT2D eigenvalue weighted by molar-refractivity contribution is 7.90. The summed E-state index contributed by atoms with van der Waals surface area (Å²) in [6.07, 6.45) is 0.965. The highest BCUT2D eigenvalue weighted by atomic mass is 32.2. The molecule has 1 aromatic carbocycles. The Kier molecular flexibility index (Phi) is 11.8. The number of hydrogen-bond donors (Lipinski definition) is 3. The summed E-state index contributed by atoms with van der Waals surface area (Å²) >= 11 is 0. The van der Waals surface area contributed by atoms with Crippen molar-refractivity contribution in [2.75, 3.05) is 13.7 Å². The van der Waals surface area contributed by atoms with Crippen molar-refractivity contribution in [1.82, 2.24) is 25.2 Å². The number of rotatable bonds is 8.